The Morgan fingerprint density at radius 1 is 1.41 bits per heavy atom. The van der Waals surface area contributed by atoms with Crippen molar-refractivity contribution in [2.75, 3.05) is 14.2 Å². The topological polar surface area (TPSA) is 106 Å². The van der Waals surface area contributed by atoms with Crippen LogP contribution in [0.25, 0.3) is 0 Å². The van der Waals surface area contributed by atoms with Gasteiger partial charge < -0.3 is 24.1 Å². The Balaban J connectivity index is 3.17. The second-order valence-corrected chi connectivity index (χ2v) is 5.06. The SMILES string of the molecule is CCCC[C@](O)(C[C@@H](O)C(=O)OC)c1cc(OC)cc(=O)o1. The number of methoxy groups -OCH3 is 2. The molecule has 1 rings (SSSR count). The minimum absolute atomic E-state index is 0.0479. The van der Waals surface area contributed by atoms with E-state index in [2.05, 4.69) is 4.74 Å². The van der Waals surface area contributed by atoms with Crippen molar-refractivity contribution in [3.63, 3.8) is 0 Å². The van der Waals surface area contributed by atoms with Crippen LogP contribution in [0, 0.1) is 0 Å². The first-order valence-electron chi connectivity index (χ1n) is 7.04. The standard InChI is InChI=1S/C15H22O7/c1-4-5-6-15(19,9-11(16)14(18)21-3)12-7-10(20-2)8-13(17)22-12/h7-8,11,16,19H,4-6,9H2,1-3H3/t11-,15+/m1/s1. The first-order chi connectivity index (χ1) is 10.4. The Morgan fingerprint density at radius 2 is 2.09 bits per heavy atom. The van der Waals surface area contributed by atoms with E-state index in [1.807, 2.05) is 6.92 Å². The van der Waals surface area contributed by atoms with E-state index in [1.54, 1.807) is 0 Å². The third kappa shape index (κ3) is 4.57. The average Bonchev–Trinajstić information content (AvgIpc) is 2.51. The monoisotopic (exact) mass is 314 g/mol. The first kappa shape index (κ1) is 18.2. The highest BCUT2D eigenvalue weighted by Crippen LogP contribution is 2.33. The summed E-state index contributed by atoms with van der Waals surface area (Å²) >= 11 is 0. The molecule has 0 unspecified atom stereocenters. The van der Waals surface area contributed by atoms with Gasteiger partial charge in [-0.05, 0) is 6.42 Å². The summed E-state index contributed by atoms with van der Waals surface area (Å²) in [5.74, 6) is -0.679. The normalized spacial score (nSPS) is 15.0. The fourth-order valence-corrected chi connectivity index (χ4v) is 2.14. The van der Waals surface area contributed by atoms with Crippen molar-refractivity contribution in [2.24, 2.45) is 0 Å². The summed E-state index contributed by atoms with van der Waals surface area (Å²) in [6.45, 7) is 1.93. The highest BCUT2D eigenvalue weighted by Gasteiger charge is 2.37. The van der Waals surface area contributed by atoms with Gasteiger partial charge in [-0.15, -0.1) is 0 Å². The van der Waals surface area contributed by atoms with Crippen molar-refractivity contribution in [3.8, 4) is 5.75 Å². The van der Waals surface area contributed by atoms with Gasteiger partial charge in [0, 0.05) is 12.5 Å². The number of aliphatic hydroxyl groups is 2. The molecule has 0 radical (unpaired) electrons. The lowest BCUT2D eigenvalue weighted by Crippen LogP contribution is -2.35. The lowest BCUT2D eigenvalue weighted by Gasteiger charge is -2.28. The third-order valence-electron chi connectivity index (χ3n) is 3.39. The molecule has 0 aliphatic rings. The zero-order valence-corrected chi connectivity index (χ0v) is 13.0. The Hall–Kier alpha value is -1.86. The highest BCUT2D eigenvalue weighted by atomic mass is 16.5. The Bertz CT molecular complexity index is 551. The number of hydrogen-bond donors (Lipinski definition) is 2. The van der Waals surface area contributed by atoms with E-state index in [-0.39, 0.29) is 24.4 Å². The lowest BCUT2D eigenvalue weighted by atomic mass is 9.87. The number of carbonyl (C=O) groups is 1. The maximum absolute atomic E-state index is 11.6. The van der Waals surface area contributed by atoms with E-state index in [1.165, 1.54) is 13.2 Å². The van der Waals surface area contributed by atoms with Gasteiger partial charge in [-0.25, -0.2) is 9.59 Å². The molecule has 2 atom stereocenters. The van der Waals surface area contributed by atoms with Crippen molar-refractivity contribution >= 4 is 5.97 Å². The molecular formula is C15H22O7. The van der Waals surface area contributed by atoms with Gasteiger partial charge in [0.1, 0.15) is 17.1 Å². The molecule has 2 N–H and O–H groups in total. The van der Waals surface area contributed by atoms with Crippen molar-refractivity contribution in [1.29, 1.82) is 0 Å². The van der Waals surface area contributed by atoms with Crippen LogP contribution in [-0.2, 0) is 15.1 Å². The van der Waals surface area contributed by atoms with E-state index in [4.69, 9.17) is 9.15 Å². The molecule has 0 aliphatic carbocycles. The number of hydrogen-bond acceptors (Lipinski definition) is 7. The molecule has 22 heavy (non-hydrogen) atoms. The van der Waals surface area contributed by atoms with Crippen molar-refractivity contribution in [1.82, 2.24) is 0 Å². The summed E-state index contributed by atoms with van der Waals surface area (Å²) in [4.78, 5) is 22.9. The lowest BCUT2D eigenvalue weighted by molar-refractivity contribution is -0.155. The zero-order valence-electron chi connectivity index (χ0n) is 13.0. The number of esters is 1. The second kappa shape index (κ2) is 7.95. The molecular weight excluding hydrogens is 292 g/mol. The zero-order chi connectivity index (χ0) is 16.8. The van der Waals surface area contributed by atoms with Crippen LogP contribution in [0.1, 0.15) is 38.4 Å². The van der Waals surface area contributed by atoms with Crippen LogP contribution < -0.4 is 10.4 Å². The van der Waals surface area contributed by atoms with Crippen molar-refractivity contribution in [3.05, 3.63) is 28.3 Å². The van der Waals surface area contributed by atoms with Crippen LogP contribution in [0.15, 0.2) is 21.3 Å². The fourth-order valence-electron chi connectivity index (χ4n) is 2.14. The van der Waals surface area contributed by atoms with Crippen LogP contribution in [0.2, 0.25) is 0 Å². The molecule has 0 aromatic carbocycles. The van der Waals surface area contributed by atoms with Gasteiger partial charge in [-0.1, -0.05) is 19.8 Å². The minimum Gasteiger partial charge on any atom is -0.496 e. The van der Waals surface area contributed by atoms with Crippen LogP contribution in [0.5, 0.6) is 5.75 Å². The largest absolute Gasteiger partial charge is 0.496 e. The molecule has 7 heteroatoms. The number of ether oxygens (including phenoxy) is 2. The molecule has 1 heterocycles. The number of aliphatic hydroxyl groups excluding tert-OH is 1. The van der Waals surface area contributed by atoms with E-state index in [0.717, 1.165) is 19.6 Å². The van der Waals surface area contributed by atoms with Crippen molar-refractivity contribution < 1.29 is 28.9 Å². The van der Waals surface area contributed by atoms with Gasteiger partial charge in [-0.2, -0.15) is 0 Å². The molecule has 1 aromatic rings. The molecule has 124 valence electrons. The molecule has 0 amide bonds. The van der Waals surface area contributed by atoms with Gasteiger partial charge in [0.25, 0.3) is 0 Å². The van der Waals surface area contributed by atoms with Gasteiger partial charge in [0.15, 0.2) is 6.10 Å². The van der Waals surface area contributed by atoms with E-state index >= 15 is 0 Å². The van der Waals surface area contributed by atoms with Crippen molar-refractivity contribution in [2.45, 2.75) is 44.3 Å². The summed E-state index contributed by atoms with van der Waals surface area (Å²) in [7, 11) is 2.52. The molecule has 0 fully saturated rings. The predicted molar refractivity (Wildman–Crippen MR) is 77.6 cm³/mol. The maximum Gasteiger partial charge on any atom is 0.339 e. The molecule has 0 bridgehead atoms. The van der Waals surface area contributed by atoms with Gasteiger partial charge in [0.2, 0.25) is 0 Å². The van der Waals surface area contributed by atoms with E-state index in [9.17, 15) is 19.8 Å². The molecule has 0 spiro atoms. The summed E-state index contributed by atoms with van der Waals surface area (Å²) in [5.41, 5.74) is -2.35. The Kier molecular flexibility index (Phi) is 6.58. The van der Waals surface area contributed by atoms with Gasteiger partial charge >= 0.3 is 11.6 Å². The summed E-state index contributed by atoms with van der Waals surface area (Å²) in [6, 6.07) is 2.52. The molecule has 0 saturated heterocycles. The maximum atomic E-state index is 11.6. The van der Waals surface area contributed by atoms with Crippen LogP contribution in [-0.4, -0.2) is 36.5 Å². The molecule has 7 nitrogen and oxygen atoms in total. The summed E-state index contributed by atoms with van der Waals surface area (Å²) in [5, 5.41) is 20.6. The first-order valence-corrected chi connectivity index (χ1v) is 7.04. The number of carbonyl (C=O) groups excluding carboxylic acids is 1. The summed E-state index contributed by atoms with van der Waals surface area (Å²) < 4.78 is 14.5. The quantitative estimate of drug-likeness (QED) is 0.688. The highest BCUT2D eigenvalue weighted by molar-refractivity contribution is 5.74. The molecule has 1 aromatic heterocycles. The van der Waals surface area contributed by atoms with Crippen LogP contribution >= 0.6 is 0 Å². The van der Waals surface area contributed by atoms with Crippen LogP contribution in [0.3, 0.4) is 0 Å². The average molecular weight is 314 g/mol. The minimum atomic E-state index is -1.67. The fraction of sp³-hybridized carbons (Fsp3) is 0.600. The van der Waals surface area contributed by atoms with E-state index in [0.29, 0.717) is 6.42 Å². The number of rotatable bonds is 8. The van der Waals surface area contributed by atoms with E-state index < -0.39 is 23.3 Å². The Morgan fingerprint density at radius 3 is 2.64 bits per heavy atom. The summed E-state index contributed by atoms with van der Waals surface area (Å²) in [6.07, 6.45) is -0.247. The second-order valence-electron chi connectivity index (χ2n) is 5.06. The van der Waals surface area contributed by atoms with Crippen LogP contribution in [0.4, 0.5) is 0 Å². The molecule has 0 aliphatic heterocycles. The Labute approximate surface area is 128 Å². The number of unbranched alkanes of at least 4 members (excludes halogenated alkanes) is 1. The molecule has 0 saturated carbocycles. The van der Waals surface area contributed by atoms with Gasteiger partial charge in [-0.3, -0.25) is 0 Å². The third-order valence-corrected chi connectivity index (χ3v) is 3.39. The predicted octanol–water partition coefficient (Wildman–Crippen LogP) is 0.950. The van der Waals surface area contributed by atoms with Gasteiger partial charge in [0.05, 0.1) is 20.3 Å². The smallest absolute Gasteiger partial charge is 0.339 e.